The van der Waals surface area contributed by atoms with Crippen LogP contribution in [0.2, 0.25) is 0 Å². The fraction of sp³-hybridized carbons (Fsp3) is 0.636. The van der Waals surface area contributed by atoms with Gasteiger partial charge in [0.25, 0.3) is 0 Å². The van der Waals surface area contributed by atoms with Crippen LogP contribution >= 0.6 is 0 Å². The molecular weight excluding hydrogens is 256 g/mol. The van der Waals surface area contributed by atoms with Gasteiger partial charge in [-0.15, -0.1) is 0 Å². The first-order chi connectivity index (χ1) is 7.52. The number of hydrogen-bond acceptors (Lipinski definition) is 3. The molecular formula is C11H19NNa2O4. The summed E-state index contributed by atoms with van der Waals surface area (Å²) in [5.74, 6) is -2.29. The summed E-state index contributed by atoms with van der Waals surface area (Å²) >= 11 is 0. The van der Waals surface area contributed by atoms with Crippen LogP contribution in [0.3, 0.4) is 0 Å². The predicted molar refractivity (Wildman–Crippen MR) is 72.6 cm³/mol. The van der Waals surface area contributed by atoms with E-state index in [1.165, 1.54) is 13.3 Å². The summed E-state index contributed by atoms with van der Waals surface area (Å²) in [6.07, 6.45) is 3.28. The van der Waals surface area contributed by atoms with Crippen molar-refractivity contribution in [3.8, 4) is 0 Å². The quantitative estimate of drug-likeness (QED) is 0.542. The Balaban J connectivity index is 0. The molecule has 1 fully saturated rings. The van der Waals surface area contributed by atoms with Crippen molar-refractivity contribution in [2.45, 2.75) is 26.2 Å². The van der Waals surface area contributed by atoms with Crippen LogP contribution in [0.5, 0.6) is 0 Å². The van der Waals surface area contributed by atoms with Crippen LogP contribution in [0.1, 0.15) is 26.2 Å². The van der Waals surface area contributed by atoms with Gasteiger partial charge in [0.15, 0.2) is 0 Å². The number of likely N-dealkylation sites (tertiary alicyclic amines) is 1. The Morgan fingerprint density at radius 1 is 1.00 bits per heavy atom. The van der Waals surface area contributed by atoms with E-state index < -0.39 is 11.9 Å². The van der Waals surface area contributed by atoms with E-state index in [-0.39, 0.29) is 76.8 Å². The number of aliphatic carboxylic acids is 2. The molecule has 0 unspecified atom stereocenters. The molecule has 18 heavy (non-hydrogen) atoms. The summed E-state index contributed by atoms with van der Waals surface area (Å²) in [6.45, 7) is 3.27. The van der Waals surface area contributed by atoms with Crippen LogP contribution < -0.4 is 0 Å². The number of rotatable bonds is 4. The van der Waals surface area contributed by atoms with E-state index in [2.05, 4.69) is 0 Å². The molecule has 2 N–H and O–H groups in total. The molecule has 0 amide bonds. The van der Waals surface area contributed by atoms with Gasteiger partial charge in [0.05, 0.1) is 5.57 Å². The van der Waals surface area contributed by atoms with Gasteiger partial charge in [-0.05, 0) is 32.9 Å². The van der Waals surface area contributed by atoms with E-state index in [1.54, 1.807) is 0 Å². The van der Waals surface area contributed by atoms with Crippen LogP contribution in [-0.2, 0) is 9.59 Å². The zero-order valence-electron chi connectivity index (χ0n) is 9.40. The summed E-state index contributed by atoms with van der Waals surface area (Å²) in [4.78, 5) is 23.7. The zero-order chi connectivity index (χ0) is 12.1. The molecule has 1 aliphatic rings. The Morgan fingerprint density at radius 3 is 1.89 bits per heavy atom. The molecule has 0 aromatic rings. The second kappa shape index (κ2) is 10.4. The molecule has 0 radical (unpaired) electrons. The number of carbonyl (C=O) groups is 2. The van der Waals surface area contributed by atoms with Crippen molar-refractivity contribution in [2.24, 2.45) is 0 Å². The molecule has 1 rings (SSSR count). The van der Waals surface area contributed by atoms with Crippen LogP contribution in [0.15, 0.2) is 11.1 Å². The first kappa shape index (κ1) is 20.9. The van der Waals surface area contributed by atoms with Crippen LogP contribution in [0.25, 0.3) is 0 Å². The molecule has 7 heteroatoms. The van der Waals surface area contributed by atoms with Crippen LogP contribution in [-0.4, -0.2) is 106 Å². The number of piperidine rings is 1. The van der Waals surface area contributed by atoms with Gasteiger partial charge in [-0.25, -0.2) is 9.59 Å². The van der Waals surface area contributed by atoms with Crippen molar-refractivity contribution < 1.29 is 19.8 Å². The Bertz CT molecular complexity index is 325. The summed E-state index contributed by atoms with van der Waals surface area (Å²) in [7, 11) is 0. The van der Waals surface area contributed by atoms with Crippen molar-refractivity contribution in [3.05, 3.63) is 11.1 Å². The third-order valence-electron chi connectivity index (χ3n) is 2.86. The summed E-state index contributed by atoms with van der Waals surface area (Å²) in [5, 5.41) is 17.8. The molecule has 1 heterocycles. The van der Waals surface area contributed by atoms with Gasteiger partial charge in [-0.2, -0.15) is 0 Å². The van der Waals surface area contributed by atoms with Gasteiger partial charge in [-0.3, -0.25) is 4.90 Å². The first-order valence-corrected chi connectivity index (χ1v) is 5.41. The minimum atomic E-state index is -1.16. The molecule has 0 aromatic heterocycles. The topological polar surface area (TPSA) is 77.8 Å². The standard InChI is InChI=1S/C11H17NO4.2Na.2H/c1-8(10(13)14)9(11(15)16)7-12-5-3-2-4-6-12;;;;/h2-7H2,1H3,(H,13,14)(H,15,16);;;;/b9-8-;;;;. The van der Waals surface area contributed by atoms with Gasteiger partial charge in [0.2, 0.25) is 0 Å². The van der Waals surface area contributed by atoms with Crippen LogP contribution in [0.4, 0.5) is 0 Å². The van der Waals surface area contributed by atoms with Crippen molar-refractivity contribution in [1.29, 1.82) is 0 Å². The minimum absolute atomic E-state index is 0. The molecule has 94 valence electrons. The number of carboxylic acids is 2. The normalized spacial score (nSPS) is 16.9. The summed E-state index contributed by atoms with van der Waals surface area (Å²) < 4.78 is 0. The van der Waals surface area contributed by atoms with E-state index >= 15 is 0 Å². The molecule has 5 nitrogen and oxygen atoms in total. The van der Waals surface area contributed by atoms with Gasteiger partial charge < -0.3 is 10.2 Å². The van der Waals surface area contributed by atoms with Crippen LogP contribution in [0, 0.1) is 0 Å². The SMILES string of the molecule is C/C(C(=O)O)=C(\CN1CCCCC1)C(=O)O.[NaH].[NaH]. The fourth-order valence-electron chi connectivity index (χ4n) is 1.82. The van der Waals surface area contributed by atoms with E-state index in [4.69, 9.17) is 10.2 Å². The van der Waals surface area contributed by atoms with Crippen molar-refractivity contribution >= 4 is 71.1 Å². The maximum atomic E-state index is 11.0. The Labute approximate surface area is 151 Å². The molecule has 0 atom stereocenters. The van der Waals surface area contributed by atoms with E-state index in [1.807, 2.05) is 4.90 Å². The van der Waals surface area contributed by atoms with Gasteiger partial charge in [-0.1, -0.05) is 6.42 Å². The third kappa shape index (κ3) is 6.70. The second-order valence-electron chi connectivity index (χ2n) is 4.05. The molecule has 1 aliphatic heterocycles. The van der Waals surface area contributed by atoms with Crippen molar-refractivity contribution in [2.75, 3.05) is 19.6 Å². The van der Waals surface area contributed by atoms with Gasteiger partial charge >= 0.3 is 71.1 Å². The molecule has 0 saturated carbocycles. The maximum absolute atomic E-state index is 11.0. The van der Waals surface area contributed by atoms with Crippen molar-refractivity contribution in [3.63, 3.8) is 0 Å². The molecule has 0 aliphatic carbocycles. The molecule has 0 bridgehead atoms. The second-order valence-corrected chi connectivity index (χ2v) is 4.05. The third-order valence-corrected chi connectivity index (χ3v) is 2.86. The molecule has 1 saturated heterocycles. The Kier molecular flexibility index (Phi) is 12.1. The number of hydrogen-bond donors (Lipinski definition) is 2. The Hall–Kier alpha value is 0.640. The van der Waals surface area contributed by atoms with Gasteiger partial charge in [0, 0.05) is 12.1 Å². The monoisotopic (exact) mass is 275 g/mol. The summed E-state index contributed by atoms with van der Waals surface area (Å²) in [6, 6.07) is 0. The fourth-order valence-corrected chi connectivity index (χ4v) is 1.82. The predicted octanol–water partition coefficient (Wildman–Crippen LogP) is -0.339. The summed E-state index contributed by atoms with van der Waals surface area (Å²) in [5.41, 5.74) is -0.0764. The average Bonchev–Trinajstić information content (AvgIpc) is 2.26. The van der Waals surface area contributed by atoms with Crippen molar-refractivity contribution in [1.82, 2.24) is 4.90 Å². The average molecular weight is 275 g/mol. The molecule has 0 aromatic carbocycles. The zero-order valence-corrected chi connectivity index (χ0v) is 9.40. The van der Waals surface area contributed by atoms with Gasteiger partial charge in [0.1, 0.15) is 0 Å². The molecule has 0 spiro atoms. The van der Waals surface area contributed by atoms with E-state index in [9.17, 15) is 9.59 Å². The number of nitrogens with zero attached hydrogens (tertiary/aromatic N) is 1. The Morgan fingerprint density at radius 2 is 1.50 bits per heavy atom. The first-order valence-electron chi connectivity index (χ1n) is 5.41. The number of carboxylic acid groups (broad SMARTS) is 2. The van der Waals surface area contributed by atoms with E-state index in [0.29, 0.717) is 0 Å². The van der Waals surface area contributed by atoms with E-state index in [0.717, 1.165) is 25.9 Å².